The van der Waals surface area contributed by atoms with Crippen LogP contribution in [-0.4, -0.2) is 6.54 Å². The van der Waals surface area contributed by atoms with Crippen LogP contribution in [0.5, 0.6) is 0 Å². The van der Waals surface area contributed by atoms with Gasteiger partial charge in [0, 0.05) is 10.5 Å². The van der Waals surface area contributed by atoms with Crippen LogP contribution in [0.4, 0.5) is 0 Å². The van der Waals surface area contributed by atoms with E-state index in [0.717, 1.165) is 16.5 Å². The lowest BCUT2D eigenvalue weighted by molar-refractivity contribution is 0.661. The average molecular weight is 264 g/mol. The summed E-state index contributed by atoms with van der Waals surface area (Å²) >= 11 is 9.20. The summed E-state index contributed by atoms with van der Waals surface area (Å²) in [4.78, 5) is 0. The van der Waals surface area contributed by atoms with E-state index in [9.17, 15) is 0 Å². The predicted octanol–water partition coefficient (Wildman–Crippen LogP) is 2.45. The first kappa shape index (κ1) is 11.0. The molecule has 13 heavy (non-hydrogen) atoms. The van der Waals surface area contributed by atoms with E-state index in [2.05, 4.69) is 15.9 Å². The molecule has 72 valence electrons. The Kier molecular flexibility index (Phi) is 4.19. The van der Waals surface area contributed by atoms with E-state index >= 15 is 0 Å². The molecule has 1 aromatic rings. The number of benzene rings is 1. The van der Waals surface area contributed by atoms with Gasteiger partial charge in [0.1, 0.15) is 0 Å². The SMILES string of the molecule is NCC[C@H](N)c1ccc(Cl)c(Br)c1. The van der Waals surface area contributed by atoms with E-state index in [1.54, 1.807) is 0 Å². The molecule has 0 saturated heterocycles. The molecule has 0 aliphatic heterocycles. The van der Waals surface area contributed by atoms with E-state index in [-0.39, 0.29) is 6.04 Å². The van der Waals surface area contributed by atoms with Gasteiger partial charge in [-0.15, -0.1) is 0 Å². The van der Waals surface area contributed by atoms with Crippen molar-refractivity contribution in [3.05, 3.63) is 33.3 Å². The molecule has 0 fully saturated rings. The Morgan fingerprint density at radius 2 is 2.15 bits per heavy atom. The Morgan fingerprint density at radius 3 is 2.69 bits per heavy atom. The number of hydrogen-bond acceptors (Lipinski definition) is 2. The van der Waals surface area contributed by atoms with Gasteiger partial charge in [0.05, 0.1) is 5.02 Å². The lowest BCUT2D eigenvalue weighted by Crippen LogP contribution is -2.15. The molecule has 0 heterocycles. The molecule has 0 amide bonds. The predicted molar refractivity (Wildman–Crippen MR) is 59.8 cm³/mol. The molecule has 0 aromatic heterocycles. The lowest BCUT2D eigenvalue weighted by atomic mass is 10.1. The Bertz CT molecular complexity index is 291. The lowest BCUT2D eigenvalue weighted by Gasteiger charge is -2.11. The molecular formula is C9H12BrClN2. The molecule has 0 spiro atoms. The monoisotopic (exact) mass is 262 g/mol. The van der Waals surface area contributed by atoms with E-state index in [4.69, 9.17) is 23.1 Å². The van der Waals surface area contributed by atoms with Crippen LogP contribution in [0.1, 0.15) is 18.0 Å². The zero-order chi connectivity index (χ0) is 9.84. The Morgan fingerprint density at radius 1 is 1.46 bits per heavy atom. The van der Waals surface area contributed by atoms with Crippen LogP contribution in [-0.2, 0) is 0 Å². The van der Waals surface area contributed by atoms with Gasteiger partial charge >= 0.3 is 0 Å². The van der Waals surface area contributed by atoms with Crippen molar-refractivity contribution in [2.45, 2.75) is 12.5 Å². The fourth-order valence-electron chi connectivity index (χ4n) is 1.09. The van der Waals surface area contributed by atoms with Crippen LogP contribution in [0.2, 0.25) is 5.02 Å². The van der Waals surface area contributed by atoms with Gasteiger partial charge in [-0.25, -0.2) is 0 Å². The highest BCUT2D eigenvalue weighted by molar-refractivity contribution is 9.10. The van der Waals surface area contributed by atoms with Crippen LogP contribution >= 0.6 is 27.5 Å². The number of hydrogen-bond donors (Lipinski definition) is 2. The number of nitrogens with two attached hydrogens (primary N) is 2. The standard InChI is InChI=1S/C9H12BrClN2/c10-7-5-6(1-2-8(7)11)9(13)3-4-12/h1-2,5,9H,3-4,12-13H2/t9-/m0/s1. The van der Waals surface area contributed by atoms with Gasteiger partial charge in [-0.2, -0.15) is 0 Å². The largest absolute Gasteiger partial charge is 0.330 e. The van der Waals surface area contributed by atoms with Crippen molar-refractivity contribution in [1.82, 2.24) is 0 Å². The zero-order valence-electron chi connectivity index (χ0n) is 7.13. The third-order valence-electron chi connectivity index (χ3n) is 1.85. The van der Waals surface area contributed by atoms with Gasteiger partial charge in [-0.1, -0.05) is 17.7 Å². The fourth-order valence-corrected chi connectivity index (χ4v) is 1.60. The van der Waals surface area contributed by atoms with Crippen LogP contribution in [0, 0.1) is 0 Å². The minimum Gasteiger partial charge on any atom is -0.330 e. The molecule has 1 atom stereocenters. The van der Waals surface area contributed by atoms with Crippen molar-refractivity contribution in [2.75, 3.05) is 6.54 Å². The molecule has 0 bridgehead atoms. The summed E-state index contributed by atoms with van der Waals surface area (Å²) in [5.41, 5.74) is 12.4. The van der Waals surface area contributed by atoms with E-state index in [0.29, 0.717) is 11.6 Å². The second-order valence-electron chi connectivity index (χ2n) is 2.86. The maximum atomic E-state index is 5.88. The maximum Gasteiger partial charge on any atom is 0.0548 e. The summed E-state index contributed by atoms with van der Waals surface area (Å²) in [6.07, 6.45) is 0.786. The second kappa shape index (κ2) is 4.96. The first-order valence-corrected chi connectivity index (χ1v) is 5.23. The first-order valence-electron chi connectivity index (χ1n) is 4.05. The van der Waals surface area contributed by atoms with Crippen molar-refractivity contribution in [2.24, 2.45) is 11.5 Å². The van der Waals surface area contributed by atoms with Crippen LogP contribution in [0.25, 0.3) is 0 Å². The molecule has 1 rings (SSSR count). The molecule has 0 saturated carbocycles. The summed E-state index contributed by atoms with van der Waals surface area (Å²) < 4.78 is 0.874. The van der Waals surface area contributed by atoms with E-state index in [1.807, 2.05) is 18.2 Å². The van der Waals surface area contributed by atoms with Gasteiger partial charge in [0.2, 0.25) is 0 Å². The van der Waals surface area contributed by atoms with Gasteiger partial charge < -0.3 is 11.5 Å². The molecule has 0 unspecified atom stereocenters. The molecule has 4 heteroatoms. The summed E-state index contributed by atoms with van der Waals surface area (Å²) in [6.45, 7) is 0.599. The molecule has 0 radical (unpaired) electrons. The van der Waals surface area contributed by atoms with Gasteiger partial charge in [-0.3, -0.25) is 0 Å². The van der Waals surface area contributed by atoms with Gasteiger partial charge in [0.25, 0.3) is 0 Å². The van der Waals surface area contributed by atoms with Crippen molar-refractivity contribution < 1.29 is 0 Å². The second-order valence-corrected chi connectivity index (χ2v) is 4.12. The highest BCUT2D eigenvalue weighted by Gasteiger charge is 2.06. The van der Waals surface area contributed by atoms with Crippen molar-refractivity contribution in [3.8, 4) is 0 Å². The smallest absolute Gasteiger partial charge is 0.0548 e. The van der Waals surface area contributed by atoms with Crippen LogP contribution < -0.4 is 11.5 Å². The Balaban J connectivity index is 2.84. The summed E-state index contributed by atoms with van der Waals surface area (Å²) in [5.74, 6) is 0. The first-order chi connectivity index (χ1) is 6.15. The highest BCUT2D eigenvalue weighted by atomic mass is 79.9. The average Bonchev–Trinajstić information content (AvgIpc) is 2.10. The number of halogens is 2. The van der Waals surface area contributed by atoms with Crippen molar-refractivity contribution in [1.29, 1.82) is 0 Å². The molecular weight excluding hydrogens is 251 g/mol. The molecule has 2 nitrogen and oxygen atoms in total. The van der Waals surface area contributed by atoms with Crippen LogP contribution in [0.15, 0.2) is 22.7 Å². The normalized spacial score (nSPS) is 12.9. The third kappa shape index (κ3) is 2.95. The summed E-state index contributed by atoms with van der Waals surface area (Å²) in [7, 11) is 0. The van der Waals surface area contributed by atoms with Crippen LogP contribution in [0.3, 0.4) is 0 Å². The minimum absolute atomic E-state index is 0.00133. The summed E-state index contributed by atoms with van der Waals surface area (Å²) in [6, 6.07) is 5.69. The van der Waals surface area contributed by atoms with Crippen molar-refractivity contribution >= 4 is 27.5 Å². The Hall–Kier alpha value is -0.0900. The quantitative estimate of drug-likeness (QED) is 0.880. The molecule has 0 aliphatic rings. The van der Waals surface area contributed by atoms with Gasteiger partial charge in [0.15, 0.2) is 0 Å². The maximum absolute atomic E-state index is 5.88. The number of rotatable bonds is 3. The Labute approximate surface area is 91.4 Å². The van der Waals surface area contributed by atoms with Crippen molar-refractivity contribution in [3.63, 3.8) is 0 Å². The molecule has 0 aliphatic carbocycles. The fraction of sp³-hybridized carbons (Fsp3) is 0.333. The summed E-state index contributed by atoms with van der Waals surface area (Å²) in [5, 5.41) is 0.698. The highest BCUT2D eigenvalue weighted by Crippen LogP contribution is 2.26. The minimum atomic E-state index is -0.00133. The van der Waals surface area contributed by atoms with E-state index in [1.165, 1.54) is 0 Å². The van der Waals surface area contributed by atoms with Gasteiger partial charge in [-0.05, 0) is 46.6 Å². The van der Waals surface area contributed by atoms with E-state index < -0.39 is 0 Å². The topological polar surface area (TPSA) is 52.0 Å². The molecule has 1 aromatic carbocycles. The zero-order valence-corrected chi connectivity index (χ0v) is 9.48. The molecule has 4 N–H and O–H groups in total. The third-order valence-corrected chi connectivity index (χ3v) is 3.06.